The van der Waals surface area contributed by atoms with Crippen molar-refractivity contribution >= 4 is 11.6 Å². The second-order valence-corrected chi connectivity index (χ2v) is 8.63. The molecule has 1 amide bonds. The summed E-state index contributed by atoms with van der Waals surface area (Å²) in [6.45, 7) is 9.07. The topological polar surface area (TPSA) is 50.8 Å². The molecule has 160 valence electrons. The molecule has 0 radical (unpaired) electrons. The van der Waals surface area contributed by atoms with Crippen molar-refractivity contribution in [3.63, 3.8) is 0 Å². The maximum Gasteiger partial charge on any atom is 0.238 e. The van der Waals surface area contributed by atoms with E-state index in [9.17, 15) is 4.79 Å². The normalized spacial score (nSPS) is 19.0. The van der Waals surface area contributed by atoms with Crippen LogP contribution in [0.3, 0.4) is 0 Å². The summed E-state index contributed by atoms with van der Waals surface area (Å²) in [4.78, 5) is 15.2. The number of hydrogen-bond donors (Lipinski definition) is 1. The molecule has 30 heavy (non-hydrogen) atoms. The molecule has 1 atom stereocenters. The summed E-state index contributed by atoms with van der Waals surface area (Å²) < 4.78 is 11.6. The van der Waals surface area contributed by atoms with Crippen molar-refractivity contribution in [2.24, 2.45) is 0 Å². The first kappa shape index (κ1) is 20.7. The van der Waals surface area contributed by atoms with Crippen LogP contribution in [-0.2, 0) is 4.79 Å². The Kier molecular flexibility index (Phi) is 6.28. The monoisotopic (exact) mass is 408 g/mol. The first-order valence-electron chi connectivity index (χ1n) is 11.1. The molecule has 0 saturated carbocycles. The third-order valence-electron chi connectivity index (χ3n) is 6.06. The number of rotatable bonds is 5. The van der Waals surface area contributed by atoms with Crippen LogP contribution in [-0.4, -0.2) is 37.1 Å². The van der Waals surface area contributed by atoms with Crippen molar-refractivity contribution in [2.75, 3.05) is 31.6 Å². The quantitative estimate of drug-likeness (QED) is 0.752. The number of carbonyl (C=O) groups is 1. The zero-order valence-electron chi connectivity index (χ0n) is 18.2. The first-order valence-corrected chi connectivity index (χ1v) is 11.1. The molecule has 2 aliphatic rings. The fourth-order valence-corrected chi connectivity index (χ4v) is 4.49. The van der Waals surface area contributed by atoms with Crippen molar-refractivity contribution in [1.29, 1.82) is 0 Å². The van der Waals surface area contributed by atoms with E-state index in [0.717, 1.165) is 48.6 Å². The highest BCUT2D eigenvalue weighted by molar-refractivity contribution is 5.94. The van der Waals surface area contributed by atoms with E-state index in [4.69, 9.17) is 9.47 Å². The maximum atomic E-state index is 13.0. The predicted octanol–water partition coefficient (Wildman–Crippen LogP) is 5.06. The summed E-state index contributed by atoms with van der Waals surface area (Å²) >= 11 is 0. The number of benzene rings is 2. The number of hydrogen-bond acceptors (Lipinski definition) is 4. The molecule has 2 aromatic carbocycles. The van der Waals surface area contributed by atoms with Gasteiger partial charge in [0.05, 0.1) is 19.8 Å². The van der Waals surface area contributed by atoms with Crippen LogP contribution in [0.15, 0.2) is 36.4 Å². The summed E-state index contributed by atoms with van der Waals surface area (Å²) in [5, 5.41) is 3.19. The number of likely N-dealkylation sites (tertiary alicyclic amines) is 1. The Bertz CT molecular complexity index is 909. The van der Waals surface area contributed by atoms with Crippen LogP contribution in [0.1, 0.15) is 61.8 Å². The minimum Gasteiger partial charge on any atom is -0.490 e. The number of ether oxygens (including phenoxy) is 2. The maximum absolute atomic E-state index is 13.0. The Labute approximate surface area is 179 Å². The highest BCUT2D eigenvalue weighted by Crippen LogP contribution is 2.38. The second kappa shape index (κ2) is 9.09. The minimum atomic E-state index is 0.0486. The molecule has 1 saturated heterocycles. The van der Waals surface area contributed by atoms with Crippen LogP contribution in [0, 0.1) is 6.92 Å². The van der Waals surface area contributed by atoms with Crippen molar-refractivity contribution < 1.29 is 14.3 Å². The fourth-order valence-electron chi connectivity index (χ4n) is 4.49. The first-order chi connectivity index (χ1) is 14.5. The lowest BCUT2D eigenvalue weighted by atomic mass is 9.98. The van der Waals surface area contributed by atoms with E-state index in [-0.39, 0.29) is 11.9 Å². The third-order valence-corrected chi connectivity index (χ3v) is 6.06. The molecular formula is C25H32N2O3. The molecule has 2 aliphatic heterocycles. The average molecular weight is 409 g/mol. The fraction of sp³-hybridized carbons (Fsp3) is 0.480. The van der Waals surface area contributed by atoms with Gasteiger partial charge in [0.1, 0.15) is 0 Å². The third kappa shape index (κ3) is 4.46. The Morgan fingerprint density at radius 3 is 2.73 bits per heavy atom. The zero-order chi connectivity index (χ0) is 21.1. The van der Waals surface area contributed by atoms with E-state index < -0.39 is 0 Å². The molecule has 2 heterocycles. The van der Waals surface area contributed by atoms with Crippen LogP contribution in [0.2, 0.25) is 0 Å². The molecule has 0 unspecified atom stereocenters. The lowest BCUT2D eigenvalue weighted by molar-refractivity contribution is -0.117. The zero-order valence-corrected chi connectivity index (χ0v) is 18.2. The Morgan fingerprint density at radius 1 is 1.13 bits per heavy atom. The van der Waals surface area contributed by atoms with Gasteiger partial charge in [-0.15, -0.1) is 0 Å². The van der Waals surface area contributed by atoms with Crippen molar-refractivity contribution in [2.45, 2.75) is 52.0 Å². The Hall–Kier alpha value is -2.53. The van der Waals surface area contributed by atoms with Gasteiger partial charge in [0.2, 0.25) is 5.91 Å². The standard InChI is InChI=1S/C25H32N2O3/c1-17(2)20-8-4-7-18(3)25(20)26-24(28)16-27-12-5-9-21(27)19-10-11-22-23(15-19)30-14-6-13-29-22/h4,7-8,10-11,15,17,21H,5-6,9,12-14,16H2,1-3H3,(H,26,28)/t21-/m1/s1. The van der Waals surface area contributed by atoms with Crippen molar-refractivity contribution in [3.8, 4) is 11.5 Å². The van der Waals surface area contributed by atoms with Gasteiger partial charge in [-0.3, -0.25) is 9.69 Å². The summed E-state index contributed by atoms with van der Waals surface area (Å²) in [7, 11) is 0. The molecule has 0 spiro atoms. The summed E-state index contributed by atoms with van der Waals surface area (Å²) in [5.74, 6) is 2.05. The molecule has 1 fully saturated rings. The van der Waals surface area contributed by atoms with Crippen molar-refractivity contribution in [1.82, 2.24) is 4.90 Å². The van der Waals surface area contributed by atoms with Crippen LogP contribution < -0.4 is 14.8 Å². The molecule has 2 aromatic rings. The number of nitrogens with one attached hydrogen (secondary N) is 1. The lowest BCUT2D eigenvalue weighted by Gasteiger charge is -2.25. The number of fused-ring (bicyclic) bond motifs is 1. The van der Waals surface area contributed by atoms with E-state index in [0.29, 0.717) is 25.7 Å². The van der Waals surface area contributed by atoms with Crippen LogP contribution in [0.5, 0.6) is 11.5 Å². The predicted molar refractivity (Wildman–Crippen MR) is 119 cm³/mol. The SMILES string of the molecule is Cc1cccc(C(C)C)c1NC(=O)CN1CCC[C@@H]1c1ccc2c(c1)OCCCO2. The number of carbonyl (C=O) groups excluding carboxylic acids is 1. The van der Waals surface area contributed by atoms with E-state index >= 15 is 0 Å². The molecule has 5 heteroatoms. The number of aryl methyl sites for hydroxylation is 1. The number of anilines is 1. The molecule has 0 bridgehead atoms. The van der Waals surface area contributed by atoms with Gasteiger partial charge in [-0.2, -0.15) is 0 Å². The number of amides is 1. The number of para-hydroxylation sites is 1. The second-order valence-electron chi connectivity index (χ2n) is 8.63. The van der Waals surface area contributed by atoms with Crippen LogP contribution in [0.4, 0.5) is 5.69 Å². The smallest absolute Gasteiger partial charge is 0.238 e. The number of nitrogens with zero attached hydrogens (tertiary/aromatic N) is 1. The van der Waals surface area contributed by atoms with Gasteiger partial charge in [0.25, 0.3) is 0 Å². The van der Waals surface area contributed by atoms with Gasteiger partial charge in [-0.05, 0) is 61.1 Å². The molecular weight excluding hydrogens is 376 g/mol. The highest BCUT2D eigenvalue weighted by atomic mass is 16.5. The molecule has 5 nitrogen and oxygen atoms in total. The molecule has 4 rings (SSSR count). The van der Waals surface area contributed by atoms with Gasteiger partial charge in [-0.25, -0.2) is 0 Å². The summed E-state index contributed by atoms with van der Waals surface area (Å²) in [6, 6.07) is 12.7. The van der Waals surface area contributed by atoms with Crippen LogP contribution in [0.25, 0.3) is 0 Å². The Morgan fingerprint density at radius 2 is 1.93 bits per heavy atom. The van der Waals surface area contributed by atoms with E-state index in [2.05, 4.69) is 61.3 Å². The van der Waals surface area contributed by atoms with Gasteiger partial charge in [0.15, 0.2) is 11.5 Å². The van der Waals surface area contributed by atoms with Gasteiger partial charge >= 0.3 is 0 Å². The molecule has 0 aliphatic carbocycles. The van der Waals surface area contributed by atoms with E-state index in [1.165, 1.54) is 11.1 Å². The van der Waals surface area contributed by atoms with Gasteiger partial charge in [0, 0.05) is 18.2 Å². The summed E-state index contributed by atoms with van der Waals surface area (Å²) in [5.41, 5.74) is 4.45. The van der Waals surface area contributed by atoms with Crippen molar-refractivity contribution in [3.05, 3.63) is 53.1 Å². The van der Waals surface area contributed by atoms with Gasteiger partial charge in [-0.1, -0.05) is 38.1 Å². The van der Waals surface area contributed by atoms with Crippen LogP contribution >= 0.6 is 0 Å². The summed E-state index contributed by atoms with van der Waals surface area (Å²) in [6.07, 6.45) is 3.04. The highest BCUT2D eigenvalue weighted by Gasteiger charge is 2.29. The van der Waals surface area contributed by atoms with Gasteiger partial charge < -0.3 is 14.8 Å². The molecule has 0 aromatic heterocycles. The van der Waals surface area contributed by atoms with E-state index in [1.807, 2.05) is 6.07 Å². The molecule has 1 N–H and O–H groups in total. The minimum absolute atomic E-state index is 0.0486. The average Bonchev–Trinajstić information content (AvgIpc) is 3.04. The largest absolute Gasteiger partial charge is 0.490 e. The Balaban J connectivity index is 1.47. The lowest BCUT2D eigenvalue weighted by Crippen LogP contribution is -2.33. The van der Waals surface area contributed by atoms with E-state index in [1.54, 1.807) is 0 Å².